The Morgan fingerprint density at radius 1 is 1.27 bits per heavy atom. The number of hydrogen-bond donors (Lipinski definition) is 2. The first-order chi connectivity index (χ1) is 5.35. The zero-order valence-electron chi connectivity index (χ0n) is 6.11. The third-order valence-electron chi connectivity index (χ3n) is 1.45. The smallest absolute Gasteiger partial charge is 0.482 e. The molecule has 4 heteroatoms. The normalized spacial score (nSPS) is 9.36. The highest BCUT2D eigenvalue weighted by atomic mass is 16.5. The summed E-state index contributed by atoms with van der Waals surface area (Å²) in [7, 11) is 1.70. The molecule has 0 aromatic carbocycles. The third-order valence-corrected chi connectivity index (χ3v) is 1.45. The number of rotatable bonds is 1. The summed E-state index contributed by atoms with van der Waals surface area (Å²) in [5, 5.41) is 14.0. The van der Waals surface area contributed by atoms with E-state index in [9.17, 15) is 0 Å². The van der Waals surface area contributed by atoms with Gasteiger partial charge in [-0.2, -0.15) is 0 Å². The maximum absolute atomic E-state index is 7.00. The van der Waals surface area contributed by atoms with Gasteiger partial charge in [-0.25, -0.2) is 0 Å². The minimum absolute atomic E-state index is 0. The van der Waals surface area contributed by atoms with Crippen molar-refractivity contribution >= 4 is 7.69 Å². The fraction of sp³-hybridized carbons (Fsp3) is 0.143. The van der Waals surface area contributed by atoms with E-state index in [-0.39, 0.29) is 7.69 Å². The molecule has 2 aliphatic rings. The fourth-order valence-electron chi connectivity index (χ4n) is 0.990. The van der Waals surface area contributed by atoms with Crippen molar-refractivity contribution in [2.45, 2.75) is 0 Å². The molecule has 0 aromatic rings. The zero-order valence-corrected chi connectivity index (χ0v) is 6.11. The second-order valence-corrected chi connectivity index (χ2v) is 2.00. The van der Waals surface area contributed by atoms with Crippen molar-refractivity contribution in [1.82, 2.24) is 0 Å². The predicted octanol–water partition coefficient (Wildman–Crippen LogP) is 0.181. The van der Waals surface area contributed by atoms with Crippen LogP contribution in [0, 0.1) is 0 Å². The van der Waals surface area contributed by atoms with Gasteiger partial charge in [0.25, 0.3) is 0 Å². The summed E-state index contributed by atoms with van der Waals surface area (Å²) in [6.45, 7) is 0. The monoisotopic (exact) mass is 151 g/mol. The second kappa shape index (κ2) is 3.41. The largest absolute Gasteiger partial charge is 0.495 e. The van der Waals surface area contributed by atoms with Crippen LogP contribution >= 0.6 is 0 Å². The van der Waals surface area contributed by atoms with Crippen LogP contribution in [0.1, 0.15) is 0 Å². The molecular formula is C7H8BO3. The Hall–Kier alpha value is -0.995. The van der Waals surface area contributed by atoms with Gasteiger partial charge in [0, 0.05) is 11.1 Å². The van der Waals surface area contributed by atoms with E-state index in [1.165, 1.54) is 11.1 Å². The first kappa shape index (κ1) is 8.10. The molecule has 2 aliphatic carbocycles. The molecule has 0 heterocycles. The Morgan fingerprint density at radius 3 is 2.00 bits per heavy atom. The van der Waals surface area contributed by atoms with E-state index in [1.807, 2.05) is 6.07 Å². The molecule has 0 spiro atoms. The Bertz CT molecular complexity index is 229. The summed E-state index contributed by atoms with van der Waals surface area (Å²) in [5.74, 6) is 1.08. The van der Waals surface area contributed by atoms with Crippen molar-refractivity contribution in [3.8, 4) is 16.9 Å². The highest BCUT2D eigenvalue weighted by Gasteiger charge is 2.23. The summed E-state index contributed by atoms with van der Waals surface area (Å²) in [4.78, 5) is 0. The first-order valence-electron chi connectivity index (χ1n) is 3.12. The van der Waals surface area contributed by atoms with Gasteiger partial charge >= 0.3 is 7.69 Å². The zero-order chi connectivity index (χ0) is 8.27. The number of methoxy groups -OCH3 is 1. The van der Waals surface area contributed by atoms with Crippen LogP contribution in [-0.2, 0) is 0 Å². The van der Waals surface area contributed by atoms with Gasteiger partial charge in [-0.3, -0.25) is 0 Å². The van der Waals surface area contributed by atoms with Crippen molar-refractivity contribution in [2.75, 3.05) is 7.11 Å². The maximum Gasteiger partial charge on any atom is 0.482 e. The molecular weight excluding hydrogens is 143 g/mol. The van der Waals surface area contributed by atoms with Crippen molar-refractivity contribution in [1.29, 1.82) is 0 Å². The van der Waals surface area contributed by atoms with Crippen LogP contribution in [0.5, 0.6) is 5.75 Å². The molecule has 0 fully saturated rings. The molecule has 0 bridgehead atoms. The Labute approximate surface area is 65.6 Å². The van der Waals surface area contributed by atoms with E-state index in [0.717, 1.165) is 5.75 Å². The molecule has 0 saturated carbocycles. The third kappa shape index (κ3) is 1.53. The summed E-state index contributed by atoms with van der Waals surface area (Å²) in [6, 6.07) is 6.16. The highest BCUT2D eigenvalue weighted by molar-refractivity contribution is 6.13. The van der Waals surface area contributed by atoms with Crippen molar-refractivity contribution < 1.29 is 14.8 Å². The minimum Gasteiger partial charge on any atom is -0.495 e. The number of fused-ring (bicyclic) bond motifs is 1. The Morgan fingerprint density at radius 2 is 1.73 bits per heavy atom. The quantitative estimate of drug-likeness (QED) is 0.571. The average Bonchev–Trinajstić information content (AvgIpc) is 2.43. The van der Waals surface area contributed by atoms with Gasteiger partial charge in [-0.05, 0) is 0 Å². The van der Waals surface area contributed by atoms with Crippen LogP contribution in [0.15, 0.2) is 18.2 Å². The van der Waals surface area contributed by atoms with E-state index >= 15 is 0 Å². The van der Waals surface area contributed by atoms with Crippen molar-refractivity contribution in [3.63, 3.8) is 0 Å². The van der Waals surface area contributed by atoms with Crippen LogP contribution < -0.4 is 4.74 Å². The topological polar surface area (TPSA) is 49.7 Å². The van der Waals surface area contributed by atoms with Crippen LogP contribution in [0.3, 0.4) is 0 Å². The van der Waals surface area contributed by atoms with Crippen LogP contribution in [0.2, 0.25) is 0 Å². The maximum atomic E-state index is 7.00. The van der Waals surface area contributed by atoms with Crippen LogP contribution in [0.4, 0.5) is 0 Å². The SMILES string of the molecule is COc1c2cccc1-2.O[B]O. The molecule has 0 aromatic heterocycles. The van der Waals surface area contributed by atoms with E-state index in [1.54, 1.807) is 7.11 Å². The van der Waals surface area contributed by atoms with Crippen molar-refractivity contribution in [2.24, 2.45) is 0 Å². The lowest BCUT2D eigenvalue weighted by Crippen LogP contribution is -1.75. The van der Waals surface area contributed by atoms with Gasteiger partial charge in [0.15, 0.2) is 0 Å². The minimum atomic E-state index is 0. The first-order valence-corrected chi connectivity index (χ1v) is 3.12. The van der Waals surface area contributed by atoms with Gasteiger partial charge in [-0.15, -0.1) is 0 Å². The number of benzene rings is 1. The summed E-state index contributed by atoms with van der Waals surface area (Å²) >= 11 is 0. The molecule has 0 unspecified atom stereocenters. The van der Waals surface area contributed by atoms with E-state index in [2.05, 4.69) is 12.1 Å². The average molecular weight is 151 g/mol. The fourth-order valence-corrected chi connectivity index (χ4v) is 0.990. The van der Waals surface area contributed by atoms with Crippen LogP contribution in [-0.4, -0.2) is 24.8 Å². The van der Waals surface area contributed by atoms with E-state index in [0.29, 0.717) is 0 Å². The molecule has 2 N–H and O–H groups in total. The van der Waals surface area contributed by atoms with E-state index < -0.39 is 0 Å². The standard InChI is InChI=1S/C7H6O.BH2O2/c1-8-7-5-3-2-4-6(5)7;2-1-3/h2-4H,1H3;2-3H. The molecule has 0 amide bonds. The van der Waals surface area contributed by atoms with Crippen molar-refractivity contribution in [3.05, 3.63) is 18.2 Å². The summed E-state index contributed by atoms with van der Waals surface area (Å²) in [6.07, 6.45) is 0. The lowest BCUT2D eigenvalue weighted by Gasteiger charge is -1.79. The van der Waals surface area contributed by atoms with Gasteiger partial charge < -0.3 is 14.8 Å². The molecule has 1 radical (unpaired) electrons. The lowest BCUT2D eigenvalue weighted by atomic mass is 10.5. The number of para-hydroxylation sites is 1. The molecule has 11 heavy (non-hydrogen) atoms. The van der Waals surface area contributed by atoms with E-state index in [4.69, 9.17) is 14.8 Å². The molecule has 0 aliphatic heterocycles. The van der Waals surface area contributed by atoms with Gasteiger partial charge in [0.1, 0.15) is 5.75 Å². The lowest BCUT2D eigenvalue weighted by molar-refractivity contribution is 0.430. The summed E-state index contributed by atoms with van der Waals surface area (Å²) < 4.78 is 4.99. The molecule has 0 atom stereocenters. The summed E-state index contributed by atoms with van der Waals surface area (Å²) in [5.41, 5.74) is 2.57. The Balaban J connectivity index is 0.000000179. The van der Waals surface area contributed by atoms with Gasteiger partial charge in [-0.1, -0.05) is 18.2 Å². The Kier molecular flexibility index (Phi) is 2.51. The predicted molar refractivity (Wildman–Crippen MR) is 42.2 cm³/mol. The molecule has 0 saturated heterocycles. The number of ether oxygens (including phenoxy) is 1. The molecule has 57 valence electrons. The highest BCUT2D eigenvalue weighted by Crippen LogP contribution is 2.50. The van der Waals surface area contributed by atoms with Gasteiger partial charge in [0.2, 0.25) is 0 Å². The number of hydrogen-bond acceptors (Lipinski definition) is 3. The molecule has 2 rings (SSSR count). The van der Waals surface area contributed by atoms with Crippen LogP contribution in [0.25, 0.3) is 11.1 Å². The molecule has 3 nitrogen and oxygen atoms in total. The van der Waals surface area contributed by atoms with Gasteiger partial charge in [0.05, 0.1) is 7.11 Å². The second-order valence-electron chi connectivity index (χ2n) is 2.00.